The van der Waals surface area contributed by atoms with Gasteiger partial charge in [0, 0.05) is 5.41 Å². The van der Waals surface area contributed by atoms with Crippen LogP contribution in [0.5, 0.6) is 0 Å². The lowest BCUT2D eigenvalue weighted by atomic mass is 9.81. The van der Waals surface area contributed by atoms with E-state index in [1.807, 2.05) is 20.8 Å². The maximum atomic E-state index is 11.6. The normalized spacial score (nSPS) is 20.5. The molecule has 1 rings (SSSR count). The Kier molecular flexibility index (Phi) is 1.59. The molecular formula is C10H14O. The Morgan fingerprint density at radius 2 is 1.91 bits per heavy atom. The number of rotatable bonds is 1. The molecule has 0 heterocycles. The second kappa shape index (κ2) is 2.11. The first-order chi connectivity index (χ1) is 4.92. The molecule has 1 aliphatic rings. The van der Waals surface area contributed by atoms with Gasteiger partial charge in [-0.3, -0.25) is 4.79 Å². The Hall–Kier alpha value is -0.770. The fraction of sp³-hybridized carbons (Fsp3) is 0.700. The first-order valence-corrected chi connectivity index (χ1v) is 3.95. The largest absolute Gasteiger partial charge is 0.297 e. The third-order valence-electron chi connectivity index (χ3n) is 2.14. The van der Waals surface area contributed by atoms with Crippen molar-refractivity contribution in [3.8, 4) is 12.3 Å². The van der Waals surface area contributed by atoms with Crippen molar-refractivity contribution in [1.82, 2.24) is 0 Å². The molecule has 0 atom stereocenters. The van der Waals surface area contributed by atoms with Crippen molar-refractivity contribution in [3.05, 3.63) is 0 Å². The summed E-state index contributed by atoms with van der Waals surface area (Å²) < 4.78 is 0. The lowest BCUT2D eigenvalue weighted by molar-refractivity contribution is -0.129. The van der Waals surface area contributed by atoms with Crippen molar-refractivity contribution in [2.45, 2.75) is 33.6 Å². The van der Waals surface area contributed by atoms with Gasteiger partial charge in [-0.1, -0.05) is 26.7 Å². The third kappa shape index (κ3) is 1.30. The van der Waals surface area contributed by atoms with Gasteiger partial charge in [0.25, 0.3) is 0 Å². The predicted molar refractivity (Wildman–Crippen MR) is 45.0 cm³/mol. The molecule has 11 heavy (non-hydrogen) atoms. The molecule has 0 spiro atoms. The molecule has 1 nitrogen and oxygen atoms in total. The Bertz CT molecular complexity index is 220. The van der Waals surface area contributed by atoms with Crippen LogP contribution in [-0.4, -0.2) is 5.78 Å². The van der Waals surface area contributed by atoms with Gasteiger partial charge in [-0.25, -0.2) is 0 Å². The van der Waals surface area contributed by atoms with Crippen LogP contribution in [-0.2, 0) is 4.79 Å². The van der Waals surface area contributed by atoms with E-state index in [1.165, 1.54) is 0 Å². The maximum absolute atomic E-state index is 11.6. The molecule has 0 aromatic rings. The highest BCUT2D eigenvalue weighted by atomic mass is 16.1. The fourth-order valence-corrected chi connectivity index (χ4v) is 1.28. The summed E-state index contributed by atoms with van der Waals surface area (Å²) in [5.41, 5.74) is -0.652. The summed E-state index contributed by atoms with van der Waals surface area (Å²) >= 11 is 0. The average molecular weight is 150 g/mol. The van der Waals surface area contributed by atoms with Crippen LogP contribution in [0.2, 0.25) is 0 Å². The van der Waals surface area contributed by atoms with Crippen LogP contribution in [0.1, 0.15) is 33.6 Å². The average Bonchev–Trinajstić information content (AvgIpc) is 2.64. The molecule has 0 unspecified atom stereocenters. The minimum absolute atomic E-state index is 0.229. The molecule has 1 aliphatic carbocycles. The molecule has 1 fully saturated rings. The van der Waals surface area contributed by atoms with E-state index < -0.39 is 0 Å². The monoisotopic (exact) mass is 150 g/mol. The number of terminal acetylenes is 1. The fourth-order valence-electron chi connectivity index (χ4n) is 1.28. The van der Waals surface area contributed by atoms with Crippen LogP contribution in [0.15, 0.2) is 0 Å². The van der Waals surface area contributed by atoms with E-state index >= 15 is 0 Å². The van der Waals surface area contributed by atoms with Crippen LogP contribution >= 0.6 is 0 Å². The van der Waals surface area contributed by atoms with Crippen molar-refractivity contribution in [3.63, 3.8) is 0 Å². The topological polar surface area (TPSA) is 17.1 Å². The number of hydrogen-bond donors (Lipinski definition) is 0. The van der Waals surface area contributed by atoms with E-state index in [-0.39, 0.29) is 16.6 Å². The summed E-state index contributed by atoms with van der Waals surface area (Å²) in [5.74, 6) is 2.84. The van der Waals surface area contributed by atoms with Gasteiger partial charge in [0.1, 0.15) is 0 Å². The van der Waals surface area contributed by atoms with E-state index in [0.29, 0.717) is 0 Å². The molecule has 0 saturated heterocycles. The van der Waals surface area contributed by atoms with Crippen molar-refractivity contribution in [1.29, 1.82) is 0 Å². The number of Topliss-reactive ketones (excluding diaryl/α,β-unsaturated/α-hetero) is 1. The number of carbonyl (C=O) groups excluding carboxylic acids is 1. The van der Waals surface area contributed by atoms with Crippen molar-refractivity contribution in [2.24, 2.45) is 10.8 Å². The minimum Gasteiger partial charge on any atom is -0.297 e. The second-order valence-corrected chi connectivity index (χ2v) is 4.31. The molecule has 60 valence electrons. The van der Waals surface area contributed by atoms with Gasteiger partial charge in [-0.2, -0.15) is 0 Å². The van der Waals surface area contributed by atoms with Gasteiger partial charge < -0.3 is 0 Å². The summed E-state index contributed by atoms with van der Waals surface area (Å²) in [5, 5.41) is 0. The van der Waals surface area contributed by atoms with Crippen molar-refractivity contribution >= 4 is 5.78 Å². The minimum atomic E-state index is -0.377. The van der Waals surface area contributed by atoms with Gasteiger partial charge >= 0.3 is 0 Å². The van der Waals surface area contributed by atoms with Crippen LogP contribution in [0.3, 0.4) is 0 Å². The van der Waals surface area contributed by atoms with E-state index in [9.17, 15) is 4.79 Å². The van der Waals surface area contributed by atoms with Gasteiger partial charge in [0.2, 0.25) is 0 Å². The van der Waals surface area contributed by atoms with Crippen LogP contribution in [0.4, 0.5) is 0 Å². The van der Waals surface area contributed by atoms with Crippen molar-refractivity contribution < 1.29 is 4.79 Å². The first-order valence-electron chi connectivity index (χ1n) is 3.95. The molecular weight excluding hydrogens is 136 g/mol. The highest BCUT2D eigenvalue weighted by Crippen LogP contribution is 2.49. The molecule has 0 radical (unpaired) electrons. The standard InChI is InChI=1S/C10H14O/c1-5-10(6-7-10)8(11)9(2,3)4/h1H,6-7H2,2-4H3. The quantitative estimate of drug-likeness (QED) is 0.522. The summed E-state index contributed by atoms with van der Waals surface area (Å²) in [4.78, 5) is 11.6. The van der Waals surface area contributed by atoms with Gasteiger partial charge in [-0.05, 0) is 12.8 Å². The summed E-state index contributed by atoms with van der Waals surface area (Å²) in [6.45, 7) is 5.77. The molecule has 1 saturated carbocycles. The third-order valence-corrected chi connectivity index (χ3v) is 2.14. The Morgan fingerprint density at radius 3 is 2.00 bits per heavy atom. The molecule has 0 N–H and O–H groups in total. The maximum Gasteiger partial charge on any atom is 0.156 e. The van der Waals surface area contributed by atoms with E-state index in [2.05, 4.69) is 5.92 Å². The number of hydrogen-bond acceptors (Lipinski definition) is 1. The summed E-state index contributed by atoms with van der Waals surface area (Å²) in [6, 6.07) is 0. The molecule has 0 bridgehead atoms. The Balaban J connectivity index is 2.79. The Morgan fingerprint density at radius 1 is 1.45 bits per heavy atom. The van der Waals surface area contributed by atoms with E-state index in [0.717, 1.165) is 12.8 Å². The molecule has 0 aromatic heterocycles. The zero-order chi connectivity index (χ0) is 8.70. The van der Waals surface area contributed by atoms with Crippen LogP contribution in [0, 0.1) is 23.2 Å². The molecule has 0 amide bonds. The number of ketones is 1. The highest BCUT2D eigenvalue weighted by Gasteiger charge is 2.51. The predicted octanol–water partition coefficient (Wildman–Crippen LogP) is 2.02. The van der Waals surface area contributed by atoms with Gasteiger partial charge in [0.15, 0.2) is 5.78 Å². The summed E-state index contributed by atoms with van der Waals surface area (Å²) in [6.07, 6.45) is 7.07. The highest BCUT2D eigenvalue weighted by molar-refractivity contribution is 5.94. The lowest BCUT2D eigenvalue weighted by Crippen LogP contribution is -2.28. The van der Waals surface area contributed by atoms with E-state index in [4.69, 9.17) is 6.42 Å². The van der Waals surface area contributed by atoms with Crippen LogP contribution in [0.25, 0.3) is 0 Å². The zero-order valence-corrected chi connectivity index (χ0v) is 7.40. The van der Waals surface area contributed by atoms with Gasteiger partial charge in [-0.15, -0.1) is 6.42 Å². The molecule has 0 aromatic carbocycles. The first kappa shape index (κ1) is 8.33. The Labute approximate surface area is 68.2 Å². The molecule has 0 aliphatic heterocycles. The van der Waals surface area contributed by atoms with Crippen molar-refractivity contribution in [2.75, 3.05) is 0 Å². The SMILES string of the molecule is C#CC1(C(=O)C(C)(C)C)CC1. The lowest BCUT2D eigenvalue weighted by Gasteiger charge is -2.20. The van der Waals surface area contributed by atoms with Crippen LogP contribution < -0.4 is 0 Å². The smallest absolute Gasteiger partial charge is 0.156 e. The number of carbonyl (C=O) groups is 1. The second-order valence-electron chi connectivity index (χ2n) is 4.31. The zero-order valence-electron chi connectivity index (χ0n) is 7.40. The summed E-state index contributed by atoms with van der Waals surface area (Å²) in [7, 11) is 0. The van der Waals surface area contributed by atoms with Gasteiger partial charge in [0.05, 0.1) is 5.41 Å². The molecule has 1 heteroatoms. The van der Waals surface area contributed by atoms with E-state index in [1.54, 1.807) is 0 Å².